The molecule has 1 aromatic rings. The van der Waals surface area contributed by atoms with Crippen LogP contribution in [0.5, 0.6) is 5.75 Å². The monoisotopic (exact) mass is 256 g/mol. The lowest BCUT2D eigenvalue weighted by Gasteiger charge is -2.06. The largest absolute Gasteiger partial charge is 0.485 e. The summed E-state index contributed by atoms with van der Waals surface area (Å²) in [5.41, 5.74) is 0. The molecule has 0 aromatic heterocycles. The van der Waals surface area contributed by atoms with Crippen LogP contribution < -0.4 is 4.74 Å². The van der Waals surface area contributed by atoms with E-state index in [9.17, 15) is 4.79 Å². The first-order valence-electron chi connectivity index (χ1n) is 4.63. The maximum absolute atomic E-state index is 11.2. The Kier molecular flexibility index (Phi) is 4.66. The van der Waals surface area contributed by atoms with E-state index in [0.29, 0.717) is 6.42 Å². The highest BCUT2D eigenvalue weighted by atomic mass is 79.9. The number of para-hydroxylation sites is 1. The average Bonchev–Trinajstić information content (AvgIpc) is 2.17. The fourth-order valence-corrected chi connectivity index (χ4v) is 1.47. The number of rotatable bonds is 5. The highest BCUT2D eigenvalue weighted by molar-refractivity contribution is 9.10. The number of Topliss-reactive ketones (excluding diaryl/α,β-unsaturated/α-hetero) is 1. The normalized spacial score (nSPS) is 9.86. The second-order valence-electron chi connectivity index (χ2n) is 3.01. The van der Waals surface area contributed by atoms with Gasteiger partial charge in [-0.1, -0.05) is 19.1 Å². The quantitative estimate of drug-likeness (QED) is 0.809. The van der Waals surface area contributed by atoms with E-state index in [2.05, 4.69) is 15.9 Å². The highest BCUT2D eigenvalue weighted by Gasteiger charge is 2.03. The Morgan fingerprint density at radius 1 is 1.43 bits per heavy atom. The minimum Gasteiger partial charge on any atom is -0.485 e. The lowest BCUT2D eigenvalue weighted by Crippen LogP contribution is -2.10. The Morgan fingerprint density at radius 3 is 2.79 bits per heavy atom. The molecule has 2 nitrogen and oxygen atoms in total. The van der Waals surface area contributed by atoms with E-state index in [1.807, 2.05) is 31.2 Å². The van der Waals surface area contributed by atoms with Crippen LogP contribution >= 0.6 is 15.9 Å². The van der Waals surface area contributed by atoms with Gasteiger partial charge in [0.1, 0.15) is 12.4 Å². The van der Waals surface area contributed by atoms with Gasteiger partial charge in [-0.25, -0.2) is 0 Å². The molecule has 0 atom stereocenters. The topological polar surface area (TPSA) is 26.3 Å². The Morgan fingerprint density at radius 2 is 2.14 bits per heavy atom. The van der Waals surface area contributed by atoms with Crippen LogP contribution in [0.3, 0.4) is 0 Å². The molecule has 0 saturated heterocycles. The molecule has 0 fully saturated rings. The van der Waals surface area contributed by atoms with Crippen molar-refractivity contribution >= 4 is 21.7 Å². The summed E-state index contributed by atoms with van der Waals surface area (Å²) in [7, 11) is 0. The van der Waals surface area contributed by atoms with Gasteiger partial charge in [0, 0.05) is 6.42 Å². The standard InChI is InChI=1S/C11H13BrO2/c1-2-5-9(13)8-14-11-7-4-3-6-10(11)12/h3-4,6-7H,2,5,8H2,1H3. The minimum atomic E-state index is 0.142. The Labute approximate surface area is 92.4 Å². The van der Waals surface area contributed by atoms with Gasteiger partial charge in [-0.3, -0.25) is 4.79 Å². The van der Waals surface area contributed by atoms with Crippen LogP contribution in [0.15, 0.2) is 28.7 Å². The van der Waals surface area contributed by atoms with Gasteiger partial charge in [-0.15, -0.1) is 0 Å². The second-order valence-corrected chi connectivity index (χ2v) is 3.86. The first-order chi connectivity index (χ1) is 6.74. The lowest BCUT2D eigenvalue weighted by atomic mass is 10.2. The van der Waals surface area contributed by atoms with Crippen molar-refractivity contribution in [1.82, 2.24) is 0 Å². The Bertz CT molecular complexity index is 310. The van der Waals surface area contributed by atoms with Gasteiger partial charge in [-0.2, -0.15) is 0 Å². The molecule has 0 aliphatic rings. The van der Waals surface area contributed by atoms with Crippen molar-refractivity contribution in [2.75, 3.05) is 6.61 Å². The number of hydrogen-bond acceptors (Lipinski definition) is 2. The van der Waals surface area contributed by atoms with E-state index in [0.717, 1.165) is 16.6 Å². The summed E-state index contributed by atoms with van der Waals surface area (Å²) < 4.78 is 6.23. The van der Waals surface area contributed by atoms with Crippen LogP contribution in [0.4, 0.5) is 0 Å². The van der Waals surface area contributed by atoms with Crippen LogP contribution in [0.25, 0.3) is 0 Å². The number of carbonyl (C=O) groups is 1. The van der Waals surface area contributed by atoms with Crippen molar-refractivity contribution < 1.29 is 9.53 Å². The molecule has 0 radical (unpaired) electrons. The molecule has 0 bridgehead atoms. The summed E-state index contributed by atoms with van der Waals surface area (Å²) in [5.74, 6) is 0.861. The molecule has 0 amide bonds. The fraction of sp³-hybridized carbons (Fsp3) is 0.364. The summed E-state index contributed by atoms with van der Waals surface area (Å²) >= 11 is 3.35. The predicted molar refractivity (Wildman–Crippen MR) is 59.6 cm³/mol. The maximum Gasteiger partial charge on any atom is 0.170 e. The summed E-state index contributed by atoms with van der Waals surface area (Å²) in [4.78, 5) is 11.2. The van der Waals surface area contributed by atoms with E-state index < -0.39 is 0 Å². The Balaban J connectivity index is 2.46. The van der Waals surface area contributed by atoms with Crippen LogP contribution in [-0.4, -0.2) is 12.4 Å². The van der Waals surface area contributed by atoms with Crippen molar-refractivity contribution in [1.29, 1.82) is 0 Å². The fourth-order valence-electron chi connectivity index (χ4n) is 1.07. The molecule has 0 saturated carbocycles. The molecule has 0 N–H and O–H groups in total. The van der Waals surface area contributed by atoms with Crippen LogP contribution in [-0.2, 0) is 4.79 Å². The number of halogens is 1. The van der Waals surface area contributed by atoms with Gasteiger partial charge >= 0.3 is 0 Å². The van der Waals surface area contributed by atoms with Gasteiger partial charge in [0.2, 0.25) is 0 Å². The van der Waals surface area contributed by atoms with Gasteiger partial charge < -0.3 is 4.74 Å². The van der Waals surface area contributed by atoms with Crippen LogP contribution in [0, 0.1) is 0 Å². The molecular formula is C11H13BrO2. The van der Waals surface area contributed by atoms with Crippen molar-refractivity contribution in [3.8, 4) is 5.75 Å². The summed E-state index contributed by atoms with van der Waals surface area (Å²) in [5, 5.41) is 0. The number of benzene rings is 1. The zero-order valence-corrected chi connectivity index (χ0v) is 9.71. The van der Waals surface area contributed by atoms with E-state index in [1.165, 1.54) is 0 Å². The zero-order chi connectivity index (χ0) is 10.4. The molecule has 0 aliphatic heterocycles. The SMILES string of the molecule is CCCC(=O)COc1ccccc1Br. The number of ether oxygens (including phenoxy) is 1. The summed E-state index contributed by atoms with van der Waals surface area (Å²) in [6.45, 7) is 2.15. The molecule has 1 aromatic carbocycles. The smallest absolute Gasteiger partial charge is 0.170 e. The van der Waals surface area contributed by atoms with E-state index in [-0.39, 0.29) is 12.4 Å². The van der Waals surface area contributed by atoms with Crippen LogP contribution in [0.1, 0.15) is 19.8 Å². The molecule has 0 aliphatic carbocycles. The van der Waals surface area contributed by atoms with E-state index in [1.54, 1.807) is 0 Å². The van der Waals surface area contributed by atoms with Gasteiger partial charge in [0.15, 0.2) is 5.78 Å². The predicted octanol–water partition coefficient (Wildman–Crippen LogP) is 3.20. The molecule has 0 heterocycles. The van der Waals surface area contributed by atoms with E-state index >= 15 is 0 Å². The summed E-state index contributed by atoms with van der Waals surface area (Å²) in [6.07, 6.45) is 1.46. The van der Waals surface area contributed by atoms with Crippen molar-refractivity contribution in [2.24, 2.45) is 0 Å². The van der Waals surface area contributed by atoms with Gasteiger partial charge in [-0.05, 0) is 34.5 Å². The van der Waals surface area contributed by atoms with E-state index in [4.69, 9.17) is 4.74 Å². The third-order valence-electron chi connectivity index (χ3n) is 1.75. The average molecular weight is 257 g/mol. The third-order valence-corrected chi connectivity index (χ3v) is 2.41. The van der Waals surface area contributed by atoms with Gasteiger partial charge in [0.25, 0.3) is 0 Å². The first-order valence-corrected chi connectivity index (χ1v) is 5.42. The first kappa shape index (κ1) is 11.2. The highest BCUT2D eigenvalue weighted by Crippen LogP contribution is 2.23. The number of hydrogen-bond donors (Lipinski definition) is 0. The van der Waals surface area contributed by atoms with Crippen molar-refractivity contribution in [3.63, 3.8) is 0 Å². The summed E-state index contributed by atoms with van der Waals surface area (Å²) in [6, 6.07) is 7.51. The molecule has 0 spiro atoms. The van der Waals surface area contributed by atoms with Gasteiger partial charge in [0.05, 0.1) is 4.47 Å². The molecule has 14 heavy (non-hydrogen) atoms. The third kappa shape index (κ3) is 3.50. The zero-order valence-electron chi connectivity index (χ0n) is 8.13. The Hall–Kier alpha value is -0.830. The molecule has 3 heteroatoms. The lowest BCUT2D eigenvalue weighted by molar-refractivity contribution is -0.121. The van der Waals surface area contributed by atoms with Crippen molar-refractivity contribution in [2.45, 2.75) is 19.8 Å². The number of carbonyl (C=O) groups excluding carboxylic acids is 1. The van der Waals surface area contributed by atoms with Crippen molar-refractivity contribution in [3.05, 3.63) is 28.7 Å². The van der Waals surface area contributed by atoms with Crippen LogP contribution in [0.2, 0.25) is 0 Å². The molecule has 1 rings (SSSR count). The maximum atomic E-state index is 11.2. The number of ketones is 1. The molecule has 0 unspecified atom stereocenters. The minimum absolute atomic E-state index is 0.142. The molecular weight excluding hydrogens is 244 g/mol. The molecule has 76 valence electrons. The second kappa shape index (κ2) is 5.81.